The van der Waals surface area contributed by atoms with Crippen LogP contribution in [0.3, 0.4) is 0 Å². The summed E-state index contributed by atoms with van der Waals surface area (Å²) in [4.78, 5) is 0. The molecule has 0 aliphatic heterocycles. The standard InChI is InChI=1S/C55H35N3/c56-36-37-27-29-53-49(31-37)45-23-10-12-25-51(45)58(53)44-28-30-54-50(35-44)46-24-11-13-26-52(46)57(54)43-22-14-21-41(32-43)55-47(39-17-6-2-7-18-39)33-42(38-15-4-1-5-16-38)34-48(55)40-19-8-3-9-20-40/h1-35H. The number of nitriles is 1. The molecule has 0 fully saturated rings. The molecule has 0 saturated carbocycles. The van der Waals surface area contributed by atoms with Gasteiger partial charge in [0.2, 0.25) is 0 Å². The van der Waals surface area contributed by atoms with Crippen molar-refractivity contribution in [3.05, 3.63) is 218 Å². The lowest BCUT2D eigenvalue weighted by atomic mass is 9.84. The van der Waals surface area contributed by atoms with Crippen LogP contribution in [0.15, 0.2) is 212 Å². The normalized spacial score (nSPS) is 11.4. The van der Waals surface area contributed by atoms with Gasteiger partial charge in [0, 0.05) is 32.9 Å². The highest BCUT2D eigenvalue weighted by atomic mass is 15.0. The van der Waals surface area contributed by atoms with Crippen molar-refractivity contribution in [2.45, 2.75) is 0 Å². The second kappa shape index (κ2) is 13.7. The number of rotatable bonds is 6. The van der Waals surface area contributed by atoms with Crippen LogP contribution in [0.25, 0.3) is 99.5 Å². The molecule has 11 aromatic rings. The lowest BCUT2D eigenvalue weighted by Crippen LogP contribution is -1.97. The fourth-order valence-corrected chi connectivity index (χ4v) is 8.94. The van der Waals surface area contributed by atoms with E-state index in [0.717, 1.165) is 49.8 Å². The summed E-state index contributed by atoms with van der Waals surface area (Å²) in [6, 6.07) is 78.3. The summed E-state index contributed by atoms with van der Waals surface area (Å²) in [5.74, 6) is 0. The molecule has 0 aliphatic rings. The fraction of sp³-hybridized carbons (Fsp3) is 0. The number of benzene rings is 9. The average Bonchev–Trinajstić information content (AvgIpc) is 3.81. The van der Waals surface area contributed by atoms with E-state index in [1.165, 1.54) is 49.7 Å². The van der Waals surface area contributed by atoms with Gasteiger partial charge in [0.15, 0.2) is 0 Å². The molecule has 9 aromatic carbocycles. The third-order valence-corrected chi connectivity index (χ3v) is 11.5. The van der Waals surface area contributed by atoms with Crippen molar-refractivity contribution in [1.29, 1.82) is 5.26 Å². The summed E-state index contributed by atoms with van der Waals surface area (Å²) < 4.78 is 4.74. The first-order valence-corrected chi connectivity index (χ1v) is 19.7. The third-order valence-electron chi connectivity index (χ3n) is 11.5. The second-order valence-electron chi connectivity index (χ2n) is 14.8. The van der Waals surface area contributed by atoms with E-state index >= 15 is 0 Å². The first-order valence-electron chi connectivity index (χ1n) is 19.7. The molecule has 0 atom stereocenters. The molecule has 0 aliphatic carbocycles. The van der Waals surface area contributed by atoms with Crippen molar-refractivity contribution in [2.24, 2.45) is 0 Å². The van der Waals surface area contributed by atoms with Crippen molar-refractivity contribution in [1.82, 2.24) is 9.13 Å². The van der Waals surface area contributed by atoms with E-state index < -0.39 is 0 Å². The van der Waals surface area contributed by atoms with Gasteiger partial charge in [-0.3, -0.25) is 0 Å². The molecule has 0 saturated heterocycles. The number of hydrogen-bond acceptors (Lipinski definition) is 1. The Morgan fingerprint density at radius 3 is 1.36 bits per heavy atom. The average molecular weight is 738 g/mol. The zero-order valence-electron chi connectivity index (χ0n) is 31.5. The Hall–Kier alpha value is -7.93. The Kier molecular flexibility index (Phi) is 7.88. The summed E-state index contributed by atoms with van der Waals surface area (Å²) in [6.07, 6.45) is 0. The maximum atomic E-state index is 9.72. The zero-order chi connectivity index (χ0) is 38.6. The van der Waals surface area contributed by atoms with Crippen LogP contribution in [-0.4, -0.2) is 9.13 Å². The van der Waals surface area contributed by atoms with Crippen molar-refractivity contribution in [3.8, 4) is 62.0 Å². The lowest BCUT2D eigenvalue weighted by Gasteiger charge is -2.20. The molecule has 0 spiro atoms. The minimum atomic E-state index is 0.662. The van der Waals surface area contributed by atoms with Gasteiger partial charge >= 0.3 is 0 Å². The van der Waals surface area contributed by atoms with E-state index in [-0.39, 0.29) is 0 Å². The Morgan fingerprint density at radius 2 is 0.776 bits per heavy atom. The second-order valence-corrected chi connectivity index (χ2v) is 14.8. The molecule has 0 N–H and O–H groups in total. The van der Waals surface area contributed by atoms with Gasteiger partial charge < -0.3 is 9.13 Å². The molecule has 0 unspecified atom stereocenters. The van der Waals surface area contributed by atoms with Crippen LogP contribution >= 0.6 is 0 Å². The maximum Gasteiger partial charge on any atom is 0.0991 e. The smallest absolute Gasteiger partial charge is 0.0991 e. The molecule has 0 amide bonds. The van der Waals surface area contributed by atoms with Gasteiger partial charge in [-0.15, -0.1) is 0 Å². The van der Waals surface area contributed by atoms with Crippen LogP contribution in [0.4, 0.5) is 0 Å². The summed E-state index contributed by atoms with van der Waals surface area (Å²) in [6.45, 7) is 0. The first kappa shape index (κ1) is 33.4. The van der Waals surface area contributed by atoms with Gasteiger partial charge in [0.05, 0.1) is 33.7 Å². The highest BCUT2D eigenvalue weighted by Gasteiger charge is 2.20. The molecule has 3 nitrogen and oxygen atoms in total. The van der Waals surface area contributed by atoms with Crippen LogP contribution in [0.5, 0.6) is 0 Å². The predicted octanol–water partition coefficient (Wildman–Crippen LogP) is 14.4. The van der Waals surface area contributed by atoms with Gasteiger partial charge in [-0.1, -0.05) is 140 Å². The van der Waals surface area contributed by atoms with Gasteiger partial charge in [-0.2, -0.15) is 5.26 Å². The largest absolute Gasteiger partial charge is 0.309 e. The van der Waals surface area contributed by atoms with Gasteiger partial charge in [0.1, 0.15) is 0 Å². The first-order chi connectivity index (χ1) is 28.7. The number of nitrogens with zero attached hydrogens (tertiary/aromatic N) is 3. The Labute approximate surface area is 336 Å². The van der Waals surface area contributed by atoms with E-state index in [2.05, 4.69) is 215 Å². The highest BCUT2D eigenvalue weighted by molar-refractivity contribution is 6.12. The Morgan fingerprint density at radius 1 is 0.310 bits per heavy atom. The molecular formula is C55H35N3. The lowest BCUT2D eigenvalue weighted by molar-refractivity contribution is 1.17. The van der Waals surface area contributed by atoms with E-state index in [1.807, 2.05) is 12.1 Å². The van der Waals surface area contributed by atoms with E-state index in [0.29, 0.717) is 5.56 Å². The fourth-order valence-electron chi connectivity index (χ4n) is 8.94. The van der Waals surface area contributed by atoms with Crippen molar-refractivity contribution in [3.63, 3.8) is 0 Å². The summed E-state index contributed by atoms with van der Waals surface area (Å²) in [7, 11) is 0. The van der Waals surface area contributed by atoms with Gasteiger partial charge in [0.25, 0.3) is 0 Å². The van der Waals surface area contributed by atoms with Crippen LogP contribution in [0, 0.1) is 11.3 Å². The Bertz CT molecular complexity index is 3320. The molecule has 0 bridgehead atoms. The monoisotopic (exact) mass is 737 g/mol. The van der Waals surface area contributed by atoms with Crippen LogP contribution in [-0.2, 0) is 0 Å². The highest BCUT2D eigenvalue weighted by Crippen LogP contribution is 2.45. The molecule has 3 heteroatoms. The van der Waals surface area contributed by atoms with Gasteiger partial charge in [-0.25, -0.2) is 0 Å². The topological polar surface area (TPSA) is 33.6 Å². The van der Waals surface area contributed by atoms with Crippen molar-refractivity contribution < 1.29 is 0 Å². The quantitative estimate of drug-likeness (QED) is 0.167. The Balaban J connectivity index is 1.14. The molecule has 2 aromatic heterocycles. The minimum Gasteiger partial charge on any atom is -0.309 e. The van der Waals surface area contributed by atoms with E-state index in [4.69, 9.17) is 0 Å². The third kappa shape index (κ3) is 5.43. The van der Waals surface area contributed by atoms with E-state index in [9.17, 15) is 5.26 Å². The number of hydrogen-bond donors (Lipinski definition) is 0. The minimum absolute atomic E-state index is 0.662. The van der Waals surface area contributed by atoms with Crippen LogP contribution < -0.4 is 0 Å². The molecule has 0 radical (unpaired) electrons. The molecule has 2 heterocycles. The molecule has 11 rings (SSSR count). The number of para-hydroxylation sites is 2. The summed E-state index contributed by atoms with van der Waals surface area (Å²) in [5.41, 5.74) is 16.8. The maximum absolute atomic E-state index is 9.72. The molecular weight excluding hydrogens is 703 g/mol. The van der Waals surface area contributed by atoms with E-state index in [1.54, 1.807) is 0 Å². The predicted molar refractivity (Wildman–Crippen MR) is 242 cm³/mol. The molecule has 270 valence electrons. The number of aromatic nitrogens is 2. The summed E-state index contributed by atoms with van der Waals surface area (Å²) >= 11 is 0. The van der Waals surface area contributed by atoms with Crippen LogP contribution in [0.1, 0.15) is 5.56 Å². The SMILES string of the molecule is N#Cc1ccc2c(c1)c1ccccc1n2-c1ccc2c(c1)c1ccccc1n2-c1cccc(-c2c(-c3ccccc3)cc(-c3ccccc3)cc2-c2ccccc2)c1. The van der Waals surface area contributed by atoms with Crippen molar-refractivity contribution >= 4 is 43.6 Å². The van der Waals surface area contributed by atoms with Crippen molar-refractivity contribution in [2.75, 3.05) is 0 Å². The van der Waals surface area contributed by atoms with Crippen LogP contribution in [0.2, 0.25) is 0 Å². The zero-order valence-corrected chi connectivity index (χ0v) is 31.5. The number of fused-ring (bicyclic) bond motifs is 6. The summed E-state index contributed by atoms with van der Waals surface area (Å²) in [5, 5.41) is 14.3. The van der Waals surface area contributed by atoms with Gasteiger partial charge in [-0.05, 0) is 117 Å². The molecule has 58 heavy (non-hydrogen) atoms.